The van der Waals surface area contributed by atoms with E-state index in [0.29, 0.717) is 5.69 Å². The molecule has 1 fully saturated rings. The largest absolute Gasteiger partial charge is 0.497 e. The normalized spacial score (nSPS) is 16.2. The van der Waals surface area contributed by atoms with Gasteiger partial charge in [0.25, 0.3) is 0 Å². The molecule has 1 aliphatic heterocycles. The fraction of sp³-hybridized carbons (Fsp3) is 0.391. The van der Waals surface area contributed by atoms with Gasteiger partial charge in [0, 0.05) is 17.3 Å². The predicted molar refractivity (Wildman–Crippen MR) is 116 cm³/mol. The summed E-state index contributed by atoms with van der Waals surface area (Å²) in [5.41, 5.74) is 3.73. The number of nitrogens with zero attached hydrogens (tertiary/aromatic N) is 1. The highest BCUT2D eigenvalue weighted by Crippen LogP contribution is 2.38. The van der Waals surface area contributed by atoms with Crippen LogP contribution in [0.2, 0.25) is 0 Å². The molecule has 7 heteroatoms. The number of rotatable bonds is 6. The molecular weight excluding hydrogens is 382 g/mol. The third-order valence-corrected chi connectivity index (χ3v) is 5.39. The Balaban J connectivity index is 1.64. The monoisotopic (exact) mass is 411 g/mol. The first kappa shape index (κ1) is 21.6. The number of imide groups is 1. The summed E-state index contributed by atoms with van der Waals surface area (Å²) in [5.74, 6) is 1.17. The van der Waals surface area contributed by atoms with Crippen LogP contribution in [-0.4, -0.2) is 44.1 Å². The van der Waals surface area contributed by atoms with Crippen LogP contribution >= 0.6 is 0 Å². The lowest BCUT2D eigenvalue weighted by Gasteiger charge is -2.25. The highest BCUT2D eigenvalue weighted by molar-refractivity contribution is 6.02. The van der Waals surface area contributed by atoms with Gasteiger partial charge >= 0.3 is 6.03 Å². The minimum atomic E-state index is -0.526. The van der Waals surface area contributed by atoms with Gasteiger partial charge in [0.05, 0.1) is 20.8 Å². The van der Waals surface area contributed by atoms with Gasteiger partial charge in [-0.2, -0.15) is 0 Å². The molecule has 0 radical (unpaired) electrons. The molecule has 0 bridgehead atoms. The Kier molecular flexibility index (Phi) is 6.95. The number of amides is 3. The smallest absolute Gasteiger partial charge is 0.325 e. The van der Waals surface area contributed by atoms with E-state index >= 15 is 0 Å². The van der Waals surface area contributed by atoms with Gasteiger partial charge in [-0.05, 0) is 63.1 Å². The van der Waals surface area contributed by atoms with Crippen molar-refractivity contribution in [3.05, 3.63) is 53.1 Å². The molecule has 2 aromatic rings. The van der Waals surface area contributed by atoms with Crippen LogP contribution in [0.15, 0.2) is 36.4 Å². The van der Waals surface area contributed by atoms with Crippen LogP contribution in [0.5, 0.6) is 11.5 Å². The van der Waals surface area contributed by atoms with Gasteiger partial charge in [0.2, 0.25) is 5.91 Å². The maximum absolute atomic E-state index is 12.5. The molecule has 3 amide bonds. The summed E-state index contributed by atoms with van der Waals surface area (Å²) in [6.45, 7) is 4.81. The zero-order valence-corrected chi connectivity index (χ0v) is 18.0. The maximum Gasteiger partial charge on any atom is 0.325 e. The van der Waals surface area contributed by atoms with E-state index in [4.69, 9.17) is 9.47 Å². The van der Waals surface area contributed by atoms with Gasteiger partial charge in [0.1, 0.15) is 11.5 Å². The van der Waals surface area contributed by atoms with E-state index < -0.39 is 6.03 Å². The first-order valence-electron chi connectivity index (χ1n) is 10.1. The van der Waals surface area contributed by atoms with E-state index in [2.05, 4.69) is 15.5 Å². The van der Waals surface area contributed by atoms with Crippen molar-refractivity contribution in [1.82, 2.24) is 10.2 Å². The summed E-state index contributed by atoms with van der Waals surface area (Å²) in [6.07, 6.45) is 1.87. The number of carbonyl (C=O) groups is 2. The van der Waals surface area contributed by atoms with Crippen LogP contribution in [0.4, 0.5) is 10.5 Å². The minimum Gasteiger partial charge on any atom is -0.497 e. The van der Waals surface area contributed by atoms with E-state index in [9.17, 15) is 9.59 Å². The lowest BCUT2D eigenvalue weighted by atomic mass is 10.0. The van der Waals surface area contributed by atoms with E-state index in [1.807, 2.05) is 50.2 Å². The van der Waals surface area contributed by atoms with Gasteiger partial charge in [0.15, 0.2) is 0 Å². The van der Waals surface area contributed by atoms with Crippen LogP contribution in [0.1, 0.15) is 35.6 Å². The van der Waals surface area contributed by atoms with Crippen molar-refractivity contribution in [2.75, 3.05) is 32.6 Å². The molecule has 3 rings (SSSR count). The van der Waals surface area contributed by atoms with Crippen molar-refractivity contribution < 1.29 is 19.1 Å². The first-order chi connectivity index (χ1) is 14.4. The number of methoxy groups -OCH3 is 2. The van der Waals surface area contributed by atoms with Gasteiger partial charge in [-0.3, -0.25) is 15.0 Å². The van der Waals surface area contributed by atoms with Gasteiger partial charge < -0.3 is 14.8 Å². The van der Waals surface area contributed by atoms with Gasteiger partial charge in [-0.15, -0.1) is 0 Å². The molecule has 0 aliphatic carbocycles. The Hall–Kier alpha value is -3.06. The molecule has 7 nitrogen and oxygen atoms in total. The molecule has 30 heavy (non-hydrogen) atoms. The Morgan fingerprint density at radius 2 is 1.90 bits per heavy atom. The number of hydrogen-bond donors (Lipinski definition) is 2. The summed E-state index contributed by atoms with van der Waals surface area (Å²) in [5, 5.41) is 5.18. The highest BCUT2D eigenvalue weighted by atomic mass is 16.5. The van der Waals surface area contributed by atoms with Crippen molar-refractivity contribution in [1.29, 1.82) is 0 Å². The van der Waals surface area contributed by atoms with Crippen LogP contribution in [0.25, 0.3) is 0 Å². The average Bonchev–Trinajstić information content (AvgIpc) is 3.17. The number of benzene rings is 2. The fourth-order valence-electron chi connectivity index (χ4n) is 3.93. The molecular formula is C23H29N3O4. The fourth-order valence-corrected chi connectivity index (χ4v) is 3.93. The second kappa shape index (κ2) is 9.63. The van der Waals surface area contributed by atoms with Gasteiger partial charge in [-0.1, -0.05) is 17.7 Å². The molecule has 2 N–H and O–H groups in total. The van der Waals surface area contributed by atoms with Crippen molar-refractivity contribution >= 4 is 17.6 Å². The van der Waals surface area contributed by atoms with Crippen molar-refractivity contribution in [2.45, 2.75) is 32.7 Å². The summed E-state index contributed by atoms with van der Waals surface area (Å²) in [6, 6.07) is 10.9. The van der Waals surface area contributed by atoms with E-state index in [0.717, 1.165) is 47.6 Å². The third kappa shape index (κ3) is 5.10. The van der Waals surface area contributed by atoms with Crippen molar-refractivity contribution in [3.8, 4) is 11.5 Å². The number of ether oxygens (including phenoxy) is 2. The molecule has 0 saturated carbocycles. The maximum atomic E-state index is 12.5. The number of carbonyl (C=O) groups excluding carboxylic acids is 2. The topological polar surface area (TPSA) is 79.9 Å². The van der Waals surface area contributed by atoms with E-state index in [1.165, 1.54) is 0 Å². The predicted octanol–water partition coefficient (Wildman–Crippen LogP) is 3.81. The van der Waals surface area contributed by atoms with Crippen LogP contribution in [0, 0.1) is 13.8 Å². The Morgan fingerprint density at radius 1 is 1.10 bits per heavy atom. The van der Waals surface area contributed by atoms with Gasteiger partial charge in [-0.25, -0.2) is 4.79 Å². The van der Waals surface area contributed by atoms with Crippen LogP contribution in [0.3, 0.4) is 0 Å². The van der Waals surface area contributed by atoms with Crippen molar-refractivity contribution in [3.63, 3.8) is 0 Å². The number of nitrogens with one attached hydrogen (secondary N) is 2. The quantitative estimate of drug-likeness (QED) is 0.756. The molecule has 0 unspecified atom stereocenters. The summed E-state index contributed by atoms with van der Waals surface area (Å²) < 4.78 is 10.9. The number of hydrogen-bond acceptors (Lipinski definition) is 5. The van der Waals surface area contributed by atoms with E-state index in [-0.39, 0.29) is 18.5 Å². The van der Waals surface area contributed by atoms with Crippen LogP contribution < -0.4 is 20.1 Å². The standard InChI is InChI=1S/C23H29N3O4/c1-15-7-9-19(16(2)12-15)24-23(28)25-22(27)14-26-11-5-6-20(26)18-13-17(29-3)8-10-21(18)30-4/h7-10,12-13,20H,5-6,11,14H2,1-4H3,(H2,24,25,27,28)/t20-/m1/s1. The lowest BCUT2D eigenvalue weighted by Crippen LogP contribution is -2.41. The Labute approximate surface area is 177 Å². The SMILES string of the molecule is COc1ccc(OC)c([C@H]2CCCN2CC(=O)NC(=O)Nc2ccc(C)cc2C)c1. The average molecular weight is 412 g/mol. The molecule has 2 aromatic carbocycles. The number of urea groups is 1. The number of anilines is 1. The summed E-state index contributed by atoms with van der Waals surface area (Å²) in [4.78, 5) is 26.9. The lowest BCUT2D eigenvalue weighted by molar-refractivity contribution is -0.121. The number of aryl methyl sites for hydroxylation is 2. The molecule has 0 spiro atoms. The molecule has 1 heterocycles. The minimum absolute atomic E-state index is 0.0307. The molecule has 0 aromatic heterocycles. The number of likely N-dealkylation sites (tertiary alicyclic amines) is 1. The molecule has 1 aliphatic rings. The van der Waals surface area contributed by atoms with E-state index in [1.54, 1.807) is 14.2 Å². The Morgan fingerprint density at radius 3 is 2.60 bits per heavy atom. The second-order valence-electron chi connectivity index (χ2n) is 7.56. The first-order valence-corrected chi connectivity index (χ1v) is 10.1. The van der Waals surface area contributed by atoms with Crippen molar-refractivity contribution in [2.24, 2.45) is 0 Å². The zero-order valence-electron chi connectivity index (χ0n) is 18.0. The summed E-state index contributed by atoms with van der Waals surface area (Å²) in [7, 11) is 3.26. The third-order valence-electron chi connectivity index (χ3n) is 5.39. The summed E-state index contributed by atoms with van der Waals surface area (Å²) >= 11 is 0. The molecule has 160 valence electrons. The zero-order chi connectivity index (χ0) is 21.7. The molecule has 1 saturated heterocycles. The second-order valence-corrected chi connectivity index (χ2v) is 7.56. The highest BCUT2D eigenvalue weighted by Gasteiger charge is 2.30. The molecule has 1 atom stereocenters. The Bertz CT molecular complexity index is 929. The van der Waals surface area contributed by atoms with Crippen LogP contribution in [-0.2, 0) is 4.79 Å².